The van der Waals surface area contributed by atoms with Crippen molar-refractivity contribution in [2.75, 3.05) is 0 Å². The highest BCUT2D eigenvalue weighted by Gasteiger charge is 2.63. The fourth-order valence-electron chi connectivity index (χ4n) is 1.43. The lowest BCUT2D eigenvalue weighted by molar-refractivity contribution is -0.255. The van der Waals surface area contributed by atoms with Crippen molar-refractivity contribution in [3.8, 4) is 0 Å². The molecule has 0 aliphatic carbocycles. The second-order valence-corrected chi connectivity index (χ2v) is 5.23. The molecule has 6 heteroatoms. The molecule has 1 nitrogen and oxygen atoms in total. The molecule has 0 fully saturated rings. The van der Waals surface area contributed by atoms with Gasteiger partial charge in [0.2, 0.25) is 5.78 Å². The van der Waals surface area contributed by atoms with E-state index in [2.05, 4.69) is 0 Å². The Morgan fingerprint density at radius 1 is 0.895 bits per heavy atom. The SMILES string of the molecule is CC(C)(C)c1ccc(C(=O)C(F)(F)C(F)(F)F)cc1. The molecule has 106 valence electrons. The number of ketones is 1. The first kappa shape index (κ1) is 15.6. The number of hydrogen-bond acceptors (Lipinski definition) is 1. The fourth-order valence-corrected chi connectivity index (χ4v) is 1.43. The Balaban J connectivity index is 3.10. The summed E-state index contributed by atoms with van der Waals surface area (Å²) in [6.45, 7) is 5.57. The Hall–Kier alpha value is -1.46. The molecule has 0 aliphatic rings. The smallest absolute Gasteiger partial charge is 0.287 e. The second kappa shape index (κ2) is 4.58. The number of halogens is 5. The van der Waals surface area contributed by atoms with Gasteiger partial charge in [0.05, 0.1) is 0 Å². The number of benzene rings is 1. The van der Waals surface area contributed by atoms with Crippen molar-refractivity contribution < 1.29 is 26.7 Å². The van der Waals surface area contributed by atoms with Gasteiger partial charge in [-0.05, 0) is 11.0 Å². The van der Waals surface area contributed by atoms with Crippen molar-refractivity contribution in [2.45, 2.75) is 38.3 Å². The lowest BCUT2D eigenvalue weighted by Crippen LogP contribution is -2.44. The van der Waals surface area contributed by atoms with Crippen LogP contribution >= 0.6 is 0 Å². The van der Waals surface area contributed by atoms with E-state index >= 15 is 0 Å². The summed E-state index contributed by atoms with van der Waals surface area (Å²) in [5, 5.41) is 0. The van der Waals surface area contributed by atoms with Crippen molar-refractivity contribution in [3.05, 3.63) is 35.4 Å². The summed E-state index contributed by atoms with van der Waals surface area (Å²) in [6.07, 6.45) is -5.88. The first-order valence-electron chi connectivity index (χ1n) is 5.47. The number of rotatable bonds is 2. The summed E-state index contributed by atoms with van der Waals surface area (Å²) in [6, 6.07) is 4.73. The number of carbonyl (C=O) groups excluding carboxylic acids is 1. The van der Waals surface area contributed by atoms with Crippen molar-refractivity contribution in [1.82, 2.24) is 0 Å². The van der Waals surface area contributed by atoms with Gasteiger partial charge >= 0.3 is 12.1 Å². The van der Waals surface area contributed by atoms with E-state index in [0.717, 1.165) is 17.7 Å². The predicted molar refractivity (Wildman–Crippen MR) is 60.5 cm³/mol. The summed E-state index contributed by atoms with van der Waals surface area (Å²) in [5.41, 5.74) is -0.205. The molecule has 0 unspecified atom stereocenters. The van der Waals surface area contributed by atoms with E-state index in [0.29, 0.717) is 0 Å². The minimum atomic E-state index is -5.88. The molecular formula is C13H13F5O. The number of carbonyl (C=O) groups is 1. The highest BCUT2D eigenvalue weighted by molar-refractivity contribution is 6.01. The molecule has 0 N–H and O–H groups in total. The van der Waals surface area contributed by atoms with Crippen molar-refractivity contribution in [1.29, 1.82) is 0 Å². The van der Waals surface area contributed by atoms with E-state index in [-0.39, 0.29) is 5.41 Å². The first-order chi connectivity index (χ1) is 8.37. The Morgan fingerprint density at radius 3 is 1.63 bits per heavy atom. The second-order valence-electron chi connectivity index (χ2n) is 5.23. The van der Waals surface area contributed by atoms with Crippen molar-refractivity contribution in [3.63, 3.8) is 0 Å². The summed E-state index contributed by atoms with van der Waals surface area (Å²) in [7, 11) is 0. The zero-order chi connectivity index (χ0) is 15.1. The van der Waals surface area contributed by atoms with Crippen LogP contribution in [-0.2, 0) is 5.41 Å². The van der Waals surface area contributed by atoms with Crippen LogP contribution in [-0.4, -0.2) is 17.9 Å². The van der Waals surface area contributed by atoms with E-state index in [1.54, 1.807) is 0 Å². The molecule has 0 heterocycles. The van der Waals surface area contributed by atoms with Gasteiger partial charge in [0.15, 0.2) is 0 Å². The minimum absolute atomic E-state index is 0.284. The maximum atomic E-state index is 12.9. The van der Waals surface area contributed by atoms with E-state index in [4.69, 9.17) is 0 Å². The number of hydrogen-bond donors (Lipinski definition) is 0. The molecule has 0 aromatic heterocycles. The fraction of sp³-hybridized carbons (Fsp3) is 0.462. The molecule has 0 spiro atoms. The van der Waals surface area contributed by atoms with Crippen LogP contribution in [0.4, 0.5) is 22.0 Å². The van der Waals surface area contributed by atoms with Gasteiger partial charge in [-0.2, -0.15) is 22.0 Å². The Morgan fingerprint density at radius 2 is 1.32 bits per heavy atom. The molecule has 19 heavy (non-hydrogen) atoms. The van der Waals surface area contributed by atoms with Gasteiger partial charge in [-0.25, -0.2) is 0 Å². The predicted octanol–water partition coefficient (Wildman–Crippen LogP) is 4.36. The van der Waals surface area contributed by atoms with Crippen LogP contribution in [0.15, 0.2) is 24.3 Å². The third-order valence-electron chi connectivity index (χ3n) is 2.65. The largest absolute Gasteiger partial charge is 0.461 e. The number of alkyl halides is 5. The highest BCUT2D eigenvalue weighted by atomic mass is 19.4. The first-order valence-corrected chi connectivity index (χ1v) is 5.47. The van der Waals surface area contributed by atoms with E-state index in [1.807, 2.05) is 20.8 Å². The molecular weight excluding hydrogens is 267 g/mol. The zero-order valence-corrected chi connectivity index (χ0v) is 10.6. The maximum Gasteiger partial charge on any atom is 0.461 e. The molecule has 1 aromatic rings. The molecule has 0 amide bonds. The molecule has 0 saturated heterocycles. The monoisotopic (exact) mass is 280 g/mol. The van der Waals surface area contributed by atoms with Gasteiger partial charge in [-0.1, -0.05) is 45.0 Å². The molecule has 0 radical (unpaired) electrons. The topological polar surface area (TPSA) is 17.1 Å². The summed E-state index contributed by atoms with van der Waals surface area (Å²) < 4.78 is 61.9. The van der Waals surface area contributed by atoms with Crippen LogP contribution in [0, 0.1) is 0 Å². The van der Waals surface area contributed by atoms with Gasteiger partial charge < -0.3 is 0 Å². The summed E-state index contributed by atoms with van der Waals surface area (Å²) >= 11 is 0. The quantitative estimate of drug-likeness (QED) is 0.581. The minimum Gasteiger partial charge on any atom is -0.287 e. The van der Waals surface area contributed by atoms with E-state index < -0.39 is 23.4 Å². The van der Waals surface area contributed by atoms with Gasteiger partial charge in [0.1, 0.15) is 0 Å². The van der Waals surface area contributed by atoms with Gasteiger partial charge in [0.25, 0.3) is 0 Å². The normalized spacial score (nSPS) is 13.5. The van der Waals surface area contributed by atoms with Gasteiger partial charge in [0, 0.05) is 5.56 Å². The molecule has 1 rings (SSSR count). The lowest BCUT2D eigenvalue weighted by Gasteiger charge is -2.20. The van der Waals surface area contributed by atoms with Crippen LogP contribution in [0.5, 0.6) is 0 Å². The third-order valence-corrected chi connectivity index (χ3v) is 2.65. The average molecular weight is 280 g/mol. The molecule has 0 atom stereocenters. The van der Waals surface area contributed by atoms with E-state index in [9.17, 15) is 26.7 Å². The Labute approximate surface area is 107 Å². The lowest BCUT2D eigenvalue weighted by atomic mass is 9.86. The zero-order valence-electron chi connectivity index (χ0n) is 10.6. The van der Waals surface area contributed by atoms with Crippen LogP contribution in [0.25, 0.3) is 0 Å². The van der Waals surface area contributed by atoms with Crippen LogP contribution < -0.4 is 0 Å². The van der Waals surface area contributed by atoms with E-state index in [1.165, 1.54) is 12.1 Å². The van der Waals surface area contributed by atoms with Crippen molar-refractivity contribution in [2.24, 2.45) is 0 Å². The Bertz CT molecular complexity index is 465. The maximum absolute atomic E-state index is 12.9. The summed E-state index contributed by atoms with van der Waals surface area (Å²) in [4.78, 5) is 11.2. The Kier molecular flexibility index (Phi) is 3.76. The standard InChI is InChI=1S/C13H13F5O/c1-11(2,3)9-6-4-8(5-7-9)10(19)12(14,15)13(16,17)18/h4-7H,1-3H3. The van der Waals surface area contributed by atoms with Crippen LogP contribution in [0.2, 0.25) is 0 Å². The number of Topliss-reactive ketones (excluding diaryl/α,β-unsaturated/α-hetero) is 1. The molecule has 0 bridgehead atoms. The van der Waals surface area contributed by atoms with Crippen molar-refractivity contribution >= 4 is 5.78 Å². The van der Waals surface area contributed by atoms with Crippen LogP contribution in [0.3, 0.4) is 0 Å². The van der Waals surface area contributed by atoms with Gasteiger partial charge in [-0.15, -0.1) is 0 Å². The van der Waals surface area contributed by atoms with Gasteiger partial charge in [-0.3, -0.25) is 4.79 Å². The van der Waals surface area contributed by atoms with Crippen LogP contribution in [0.1, 0.15) is 36.7 Å². The molecule has 0 aliphatic heterocycles. The summed E-state index contributed by atoms with van der Waals surface area (Å²) in [5.74, 6) is -7.60. The molecule has 1 aromatic carbocycles. The average Bonchev–Trinajstić information content (AvgIpc) is 2.25. The third kappa shape index (κ3) is 3.11. The molecule has 0 saturated carbocycles. The highest BCUT2D eigenvalue weighted by Crippen LogP contribution is 2.38.